The van der Waals surface area contributed by atoms with Crippen LogP contribution in [0.1, 0.15) is 53.9 Å². The maximum Gasteiger partial charge on any atom is -0.0326 e. The quantitative estimate of drug-likeness (QED) is 0.561. The van der Waals surface area contributed by atoms with Crippen molar-refractivity contribution in [3.05, 3.63) is 6.42 Å². The molecular weight excluding hydrogens is 132 g/mol. The second-order valence-corrected chi connectivity index (χ2v) is 4.21. The maximum absolute atomic E-state index is 2.37. The van der Waals surface area contributed by atoms with Crippen LogP contribution in [-0.2, 0) is 0 Å². The lowest BCUT2D eigenvalue weighted by Crippen LogP contribution is -2.21. The molecule has 1 radical (unpaired) electrons. The summed E-state index contributed by atoms with van der Waals surface area (Å²) in [6, 6.07) is 0. The van der Waals surface area contributed by atoms with Gasteiger partial charge < -0.3 is 0 Å². The van der Waals surface area contributed by atoms with Crippen LogP contribution in [0.4, 0.5) is 0 Å². The fourth-order valence-corrected chi connectivity index (χ4v) is 1.31. The number of hydrogen-bond donors (Lipinski definition) is 0. The molecule has 0 saturated heterocycles. The monoisotopic (exact) mass is 155 g/mol. The normalized spacial score (nSPS) is 15.0. The van der Waals surface area contributed by atoms with E-state index in [2.05, 4.69) is 41.0 Å². The molecule has 0 nitrogen and oxygen atoms in total. The van der Waals surface area contributed by atoms with E-state index in [1.807, 2.05) is 0 Å². The molecule has 0 aromatic heterocycles. The molecule has 11 heavy (non-hydrogen) atoms. The first-order valence-electron chi connectivity index (χ1n) is 4.84. The van der Waals surface area contributed by atoms with Crippen LogP contribution < -0.4 is 0 Å². The Morgan fingerprint density at radius 2 is 1.91 bits per heavy atom. The van der Waals surface area contributed by atoms with Crippen LogP contribution in [0.25, 0.3) is 0 Å². The van der Waals surface area contributed by atoms with Gasteiger partial charge in [0.1, 0.15) is 0 Å². The van der Waals surface area contributed by atoms with Gasteiger partial charge in [0.25, 0.3) is 0 Å². The molecule has 0 rings (SSSR count). The minimum atomic E-state index is 0.505. The van der Waals surface area contributed by atoms with Crippen molar-refractivity contribution in [3.8, 4) is 0 Å². The molecular formula is C11H23. The molecule has 67 valence electrons. The lowest BCUT2D eigenvalue weighted by molar-refractivity contribution is 0.233. The average Bonchev–Trinajstić information content (AvgIpc) is 1.99. The number of unbranched alkanes of at least 4 members (excludes halogenated alkanes) is 1. The Hall–Kier alpha value is 0. The molecule has 0 aliphatic heterocycles. The third kappa shape index (κ3) is 3.79. The summed E-state index contributed by atoms with van der Waals surface area (Å²) >= 11 is 0. The van der Waals surface area contributed by atoms with Crippen LogP contribution >= 0.6 is 0 Å². The minimum Gasteiger partial charge on any atom is -0.0654 e. The largest absolute Gasteiger partial charge is 0.0654 e. The smallest absolute Gasteiger partial charge is 0.0326 e. The Kier molecular flexibility index (Phi) is 4.79. The molecule has 0 aliphatic rings. The lowest BCUT2D eigenvalue weighted by Gasteiger charge is -2.30. The zero-order valence-corrected chi connectivity index (χ0v) is 8.78. The van der Waals surface area contributed by atoms with Crippen LogP contribution in [0.5, 0.6) is 0 Å². The highest BCUT2D eigenvalue weighted by Gasteiger charge is 2.23. The van der Waals surface area contributed by atoms with Crippen LogP contribution in [0.3, 0.4) is 0 Å². The molecule has 0 aliphatic carbocycles. The molecule has 0 aromatic rings. The fourth-order valence-electron chi connectivity index (χ4n) is 1.31. The zero-order chi connectivity index (χ0) is 8.91. The molecule has 0 fully saturated rings. The fraction of sp³-hybridized carbons (Fsp3) is 0.909. The third-order valence-electron chi connectivity index (χ3n) is 2.91. The first-order chi connectivity index (χ1) is 5.04. The van der Waals surface area contributed by atoms with E-state index in [9.17, 15) is 0 Å². The second kappa shape index (κ2) is 4.79. The molecule has 0 amide bonds. The highest BCUT2D eigenvalue weighted by molar-refractivity contribution is 4.82. The van der Waals surface area contributed by atoms with Gasteiger partial charge in [0.05, 0.1) is 0 Å². The van der Waals surface area contributed by atoms with Gasteiger partial charge in [-0.3, -0.25) is 0 Å². The van der Waals surface area contributed by atoms with Crippen molar-refractivity contribution < 1.29 is 0 Å². The van der Waals surface area contributed by atoms with Gasteiger partial charge in [-0.25, -0.2) is 0 Å². The van der Waals surface area contributed by atoms with Gasteiger partial charge in [-0.05, 0) is 24.2 Å². The molecule has 0 saturated carbocycles. The van der Waals surface area contributed by atoms with Crippen molar-refractivity contribution in [2.24, 2.45) is 11.3 Å². The Bertz CT molecular complexity index is 92.2. The van der Waals surface area contributed by atoms with Gasteiger partial charge in [-0.2, -0.15) is 0 Å². The Labute approximate surface area is 72.4 Å². The summed E-state index contributed by atoms with van der Waals surface area (Å²) in [5.74, 6) is 0.744. The van der Waals surface area contributed by atoms with Crippen molar-refractivity contribution in [2.75, 3.05) is 0 Å². The molecule has 0 N–H and O–H groups in total. The van der Waals surface area contributed by atoms with Crippen molar-refractivity contribution >= 4 is 0 Å². The highest BCUT2D eigenvalue weighted by atomic mass is 14.3. The molecule has 1 atom stereocenters. The predicted octanol–water partition coefficient (Wildman–Crippen LogP) is 4.06. The highest BCUT2D eigenvalue weighted by Crippen LogP contribution is 2.33. The summed E-state index contributed by atoms with van der Waals surface area (Å²) in [7, 11) is 0. The molecule has 0 heteroatoms. The number of hydrogen-bond acceptors (Lipinski definition) is 0. The van der Waals surface area contributed by atoms with Crippen LogP contribution in [0.2, 0.25) is 0 Å². The van der Waals surface area contributed by atoms with Gasteiger partial charge in [-0.1, -0.05) is 47.5 Å². The zero-order valence-electron chi connectivity index (χ0n) is 8.78. The van der Waals surface area contributed by atoms with Crippen LogP contribution in [0.15, 0.2) is 0 Å². The maximum atomic E-state index is 2.37. The summed E-state index contributed by atoms with van der Waals surface area (Å²) < 4.78 is 0. The molecule has 0 aromatic carbocycles. The standard InChI is InChI=1S/C11H23/c1-6-8-9-11(4,5)10(3)7-2/h7,10H,6,8-9H2,1-5H3. The summed E-state index contributed by atoms with van der Waals surface area (Å²) in [6.45, 7) is 11.5. The molecule has 1 unspecified atom stereocenters. The first-order valence-corrected chi connectivity index (χ1v) is 4.84. The van der Waals surface area contributed by atoms with E-state index >= 15 is 0 Å². The summed E-state index contributed by atoms with van der Waals surface area (Å²) in [5.41, 5.74) is 0.505. The molecule has 0 bridgehead atoms. The van der Waals surface area contributed by atoms with E-state index in [-0.39, 0.29) is 0 Å². The van der Waals surface area contributed by atoms with Crippen LogP contribution in [0, 0.1) is 17.8 Å². The van der Waals surface area contributed by atoms with Gasteiger partial charge in [0.2, 0.25) is 0 Å². The Morgan fingerprint density at radius 1 is 1.36 bits per heavy atom. The summed E-state index contributed by atoms with van der Waals surface area (Å²) in [5, 5.41) is 0. The van der Waals surface area contributed by atoms with Gasteiger partial charge in [0.15, 0.2) is 0 Å². The summed E-state index contributed by atoms with van der Waals surface area (Å²) in [4.78, 5) is 0. The SMILES string of the molecule is C[CH]C(C)C(C)(C)CCCC. The third-order valence-corrected chi connectivity index (χ3v) is 2.91. The van der Waals surface area contributed by atoms with Crippen molar-refractivity contribution in [1.82, 2.24) is 0 Å². The topological polar surface area (TPSA) is 0 Å². The molecule has 0 spiro atoms. The van der Waals surface area contributed by atoms with E-state index in [1.54, 1.807) is 0 Å². The van der Waals surface area contributed by atoms with E-state index in [1.165, 1.54) is 19.3 Å². The van der Waals surface area contributed by atoms with E-state index in [4.69, 9.17) is 0 Å². The first kappa shape index (κ1) is 11.0. The van der Waals surface area contributed by atoms with Gasteiger partial charge >= 0.3 is 0 Å². The van der Waals surface area contributed by atoms with Crippen LogP contribution in [-0.4, -0.2) is 0 Å². The molecule has 0 heterocycles. The Morgan fingerprint density at radius 3 is 2.27 bits per heavy atom. The van der Waals surface area contributed by atoms with Crippen molar-refractivity contribution in [2.45, 2.75) is 53.9 Å². The van der Waals surface area contributed by atoms with E-state index in [0.29, 0.717) is 5.41 Å². The van der Waals surface area contributed by atoms with Crippen molar-refractivity contribution in [1.29, 1.82) is 0 Å². The Balaban J connectivity index is 3.77. The number of rotatable bonds is 5. The van der Waals surface area contributed by atoms with Gasteiger partial charge in [-0.15, -0.1) is 0 Å². The average molecular weight is 155 g/mol. The lowest BCUT2D eigenvalue weighted by atomic mass is 9.75. The predicted molar refractivity (Wildman–Crippen MR) is 52.4 cm³/mol. The van der Waals surface area contributed by atoms with Gasteiger partial charge in [0, 0.05) is 0 Å². The van der Waals surface area contributed by atoms with E-state index in [0.717, 1.165) is 5.92 Å². The summed E-state index contributed by atoms with van der Waals surface area (Å²) in [6.07, 6.45) is 6.36. The van der Waals surface area contributed by atoms with Crippen molar-refractivity contribution in [3.63, 3.8) is 0 Å². The van der Waals surface area contributed by atoms with E-state index < -0.39 is 0 Å². The second-order valence-electron chi connectivity index (χ2n) is 4.21. The minimum absolute atomic E-state index is 0.505.